The molecule has 12 heavy (non-hydrogen) atoms. The van der Waals surface area contributed by atoms with Crippen molar-refractivity contribution >= 4 is 20.4 Å². The van der Waals surface area contributed by atoms with E-state index in [2.05, 4.69) is 13.2 Å². The van der Waals surface area contributed by atoms with Crippen LogP contribution >= 0.6 is 11.6 Å². The van der Waals surface area contributed by atoms with E-state index < -0.39 is 13.5 Å². The summed E-state index contributed by atoms with van der Waals surface area (Å²) < 4.78 is 5.17. The molecule has 1 unspecified atom stereocenters. The molecule has 0 aromatic heterocycles. The molecule has 1 saturated heterocycles. The van der Waals surface area contributed by atoms with Crippen LogP contribution in [-0.4, -0.2) is 20.1 Å². The maximum Gasteiger partial charge on any atom is 0.140 e. The Morgan fingerprint density at radius 1 is 1.33 bits per heavy atom. The highest BCUT2D eigenvalue weighted by molar-refractivity contribution is 6.79. The quantitative estimate of drug-likeness (QED) is 0.504. The summed E-state index contributed by atoms with van der Waals surface area (Å²) in [6.45, 7) is 8.34. The minimum absolute atomic E-state index is 0.429. The second kappa shape index (κ2) is 4.26. The Bertz CT molecular complexity index is 167. The highest BCUT2D eigenvalue weighted by Gasteiger charge is 2.36. The largest absolute Gasteiger partial charge is 0.363 e. The molecule has 0 saturated carbocycles. The third-order valence-electron chi connectivity index (χ3n) is 2.26. The van der Waals surface area contributed by atoms with Crippen molar-refractivity contribution in [2.24, 2.45) is 0 Å². The lowest BCUT2D eigenvalue weighted by Gasteiger charge is -2.34. The van der Waals surface area contributed by atoms with Crippen LogP contribution in [0.1, 0.15) is 19.3 Å². The first kappa shape index (κ1) is 10.0. The third-order valence-corrected chi connectivity index (χ3v) is 5.78. The molecule has 1 fully saturated rings. The van der Waals surface area contributed by atoms with Crippen LogP contribution in [0.4, 0.5) is 0 Å². The van der Waals surface area contributed by atoms with Crippen LogP contribution in [0.5, 0.6) is 0 Å². The molecule has 1 aliphatic rings. The summed E-state index contributed by atoms with van der Waals surface area (Å²) in [7, 11) is -1.32. The second-order valence-electron chi connectivity index (χ2n) is 3.09. The Morgan fingerprint density at radius 2 is 2.00 bits per heavy atom. The van der Waals surface area contributed by atoms with Crippen LogP contribution in [0.2, 0.25) is 0 Å². The normalized spacial score (nSPS) is 30.2. The molecule has 0 amide bonds. The SMILES string of the molecule is C=C[SiH](C=C)C1(Cl)CCCCO1. The van der Waals surface area contributed by atoms with Gasteiger partial charge in [0, 0.05) is 6.61 Å². The number of ether oxygens (including phenoxy) is 1. The molecule has 0 aliphatic carbocycles. The van der Waals surface area contributed by atoms with Crippen molar-refractivity contribution in [3.8, 4) is 0 Å². The molecule has 0 radical (unpaired) electrons. The van der Waals surface area contributed by atoms with Crippen molar-refractivity contribution in [1.29, 1.82) is 0 Å². The molecule has 0 spiro atoms. The van der Waals surface area contributed by atoms with Crippen molar-refractivity contribution in [3.05, 3.63) is 24.6 Å². The van der Waals surface area contributed by atoms with E-state index in [1.165, 1.54) is 0 Å². The van der Waals surface area contributed by atoms with E-state index in [1.807, 2.05) is 11.4 Å². The molecule has 1 heterocycles. The van der Waals surface area contributed by atoms with E-state index in [1.54, 1.807) is 0 Å². The fourth-order valence-corrected chi connectivity index (χ4v) is 3.98. The van der Waals surface area contributed by atoms with Crippen LogP contribution < -0.4 is 0 Å². The lowest BCUT2D eigenvalue weighted by atomic mass is 10.2. The van der Waals surface area contributed by atoms with E-state index in [4.69, 9.17) is 16.3 Å². The zero-order valence-corrected chi connectivity index (χ0v) is 9.17. The molecule has 1 atom stereocenters. The van der Waals surface area contributed by atoms with Crippen molar-refractivity contribution in [2.75, 3.05) is 6.61 Å². The number of hydrogen-bond acceptors (Lipinski definition) is 1. The van der Waals surface area contributed by atoms with Gasteiger partial charge >= 0.3 is 0 Å². The van der Waals surface area contributed by atoms with Gasteiger partial charge in [-0.1, -0.05) is 23.0 Å². The molecule has 0 N–H and O–H groups in total. The van der Waals surface area contributed by atoms with Gasteiger partial charge in [0.15, 0.2) is 0 Å². The zero-order valence-electron chi connectivity index (χ0n) is 7.26. The number of alkyl halides is 1. The number of rotatable bonds is 3. The van der Waals surface area contributed by atoms with E-state index in [-0.39, 0.29) is 0 Å². The summed E-state index contributed by atoms with van der Waals surface area (Å²) >= 11 is 6.34. The molecule has 0 aromatic carbocycles. The minimum Gasteiger partial charge on any atom is -0.363 e. The van der Waals surface area contributed by atoms with Crippen LogP contribution in [0.25, 0.3) is 0 Å². The van der Waals surface area contributed by atoms with Crippen molar-refractivity contribution in [2.45, 2.75) is 23.9 Å². The molecule has 0 bridgehead atoms. The summed E-state index contributed by atoms with van der Waals surface area (Å²) in [4.78, 5) is 0. The average molecular weight is 203 g/mol. The van der Waals surface area contributed by atoms with Gasteiger partial charge in [0.25, 0.3) is 0 Å². The molecule has 3 heteroatoms. The summed E-state index contributed by atoms with van der Waals surface area (Å²) in [5.74, 6) is 0. The Labute approximate surface area is 80.7 Å². The van der Waals surface area contributed by atoms with Gasteiger partial charge in [0.1, 0.15) is 13.5 Å². The highest BCUT2D eigenvalue weighted by atomic mass is 35.5. The van der Waals surface area contributed by atoms with Crippen LogP contribution in [0.15, 0.2) is 24.6 Å². The molecule has 0 aromatic rings. The van der Waals surface area contributed by atoms with Crippen molar-refractivity contribution < 1.29 is 4.74 Å². The van der Waals surface area contributed by atoms with Gasteiger partial charge < -0.3 is 4.74 Å². The first-order valence-corrected chi connectivity index (χ1v) is 6.60. The predicted molar refractivity (Wildman–Crippen MR) is 55.9 cm³/mol. The lowest BCUT2D eigenvalue weighted by molar-refractivity contribution is 0.0352. The van der Waals surface area contributed by atoms with E-state index in [0.717, 1.165) is 25.9 Å². The van der Waals surface area contributed by atoms with Gasteiger partial charge in [-0.2, -0.15) is 0 Å². The van der Waals surface area contributed by atoms with Gasteiger partial charge in [0.05, 0.1) is 0 Å². The molecule has 1 nitrogen and oxygen atoms in total. The summed E-state index contributed by atoms with van der Waals surface area (Å²) in [6, 6.07) is 0. The fourth-order valence-electron chi connectivity index (χ4n) is 1.49. The van der Waals surface area contributed by atoms with Gasteiger partial charge in [-0.05, 0) is 19.3 Å². The van der Waals surface area contributed by atoms with Gasteiger partial charge in [-0.25, -0.2) is 0 Å². The van der Waals surface area contributed by atoms with E-state index in [0.29, 0.717) is 0 Å². The summed E-state index contributed by atoms with van der Waals surface area (Å²) in [6.07, 6.45) is 3.24. The van der Waals surface area contributed by atoms with Crippen LogP contribution in [0.3, 0.4) is 0 Å². The monoisotopic (exact) mass is 202 g/mol. The van der Waals surface area contributed by atoms with Crippen molar-refractivity contribution in [1.82, 2.24) is 0 Å². The van der Waals surface area contributed by atoms with Crippen LogP contribution in [-0.2, 0) is 4.74 Å². The van der Waals surface area contributed by atoms with Gasteiger partial charge in [-0.15, -0.1) is 13.2 Å². The standard InChI is InChI=1S/C9H15ClOSi/c1-3-12(4-2)9(10)7-5-6-8-11-9/h3-4,12H,1-2,5-8H2. The summed E-state index contributed by atoms with van der Waals surface area (Å²) in [5.41, 5.74) is 3.87. The molecule has 1 rings (SSSR count). The molecule has 1 aliphatic heterocycles. The van der Waals surface area contributed by atoms with E-state index in [9.17, 15) is 0 Å². The van der Waals surface area contributed by atoms with E-state index >= 15 is 0 Å². The maximum atomic E-state index is 6.34. The Morgan fingerprint density at radius 3 is 2.42 bits per heavy atom. The van der Waals surface area contributed by atoms with Crippen LogP contribution in [0, 0.1) is 0 Å². The number of halogens is 1. The Hall–Kier alpha value is -0.0531. The third kappa shape index (κ3) is 2.00. The summed E-state index contributed by atoms with van der Waals surface area (Å²) in [5, 5.41) is 0. The first-order valence-electron chi connectivity index (χ1n) is 4.31. The molecule has 68 valence electrons. The van der Waals surface area contributed by atoms with Gasteiger partial charge in [0.2, 0.25) is 0 Å². The maximum absolute atomic E-state index is 6.34. The number of hydrogen-bond donors (Lipinski definition) is 0. The first-order chi connectivity index (χ1) is 5.73. The zero-order chi connectivity index (χ0) is 9.03. The fraction of sp³-hybridized carbons (Fsp3) is 0.556. The van der Waals surface area contributed by atoms with Crippen molar-refractivity contribution in [3.63, 3.8) is 0 Å². The molecular formula is C9H15ClOSi. The lowest BCUT2D eigenvalue weighted by Crippen LogP contribution is -2.43. The Balaban J connectivity index is 2.65. The minimum atomic E-state index is -1.32. The predicted octanol–water partition coefficient (Wildman–Crippen LogP) is 2.34. The average Bonchev–Trinajstić information content (AvgIpc) is 2.07. The molecular weight excluding hydrogens is 188 g/mol. The smallest absolute Gasteiger partial charge is 0.140 e. The Kier molecular flexibility index (Phi) is 3.56. The highest BCUT2D eigenvalue weighted by Crippen LogP contribution is 2.32. The second-order valence-corrected chi connectivity index (χ2v) is 7.02. The topological polar surface area (TPSA) is 9.23 Å². The van der Waals surface area contributed by atoms with Gasteiger partial charge in [-0.3, -0.25) is 0 Å².